The van der Waals surface area contributed by atoms with E-state index in [1.807, 2.05) is 23.1 Å². The van der Waals surface area contributed by atoms with Gasteiger partial charge < -0.3 is 5.32 Å². The molecular formula is C18H23NS2. The lowest BCUT2D eigenvalue weighted by Gasteiger charge is -2.30. The van der Waals surface area contributed by atoms with Gasteiger partial charge in [-0.2, -0.15) is 0 Å². The van der Waals surface area contributed by atoms with Crippen molar-refractivity contribution < 1.29 is 0 Å². The Kier molecular flexibility index (Phi) is 5.04. The number of thioether (sulfide) groups is 1. The van der Waals surface area contributed by atoms with Gasteiger partial charge in [0.2, 0.25) is 0 Å². The van der Waals surface area contributed by atoms with E-state index in [2.05, 4.69) is 60.9 Å². The molecule has 1 aliphatic heterocycles. The summed E-state index contributed by atoms with van der Waals surface area (Å²) in [5, 5.41) is 6.81. The van der Waals surface area contributed by atoms with Crippen LogP contribution in [0.15, 0.2) is 46.0 Å². The summed E-state index contributed by atoms with van der Waals surface area (Å²) in [6.45, 7) is 4.66. The van der Waals surface area contributed by atoms with E-state index in [0.29, 0.717) is 12.1 Å². The molecule has 2 aromatic rings. The zero-order chi connectivity index (χ0) is 14.7. The zero-order valence-corrected chi connectivity index (χ0v) is 14.3. The summed E-state index contributed by atoms with van der Waals surface area (Å²) in [7, 11) is 0. The molecule has 21 heavy (non-hydrogen) atoms. The smallest absolute Gasteiger partial charge is 0.0649 e. The standard InChI is InChI=1S/C18H23NS2/c1-13(8-9-15-6-4-3-5-7-15)19-17-12-14(2)21-18-16(17)10-11-20-18/h3-7,10-11,13-14,17,19H,8-9,12H2,1-2H3/t13?,14-,17?/m0/s1. The van der Waals surface area contributed by atoms with Gasteiger partial charge in [-0.25, -0.2) is 0 Å². The first-order valence-electron chi connectivity index (χ1n) is 7.76. The van der Waals surface area contributed by atoms with Crippen LogP contribution >= 0.6 is 23.1 Å². The Morgan fingerprint density at radius 1 is 1.24 bits per heavy atom. The van der Waals surface area contributed by atoms with Gasteiger partial charge in [-0.15, -0.1) is 23.1 Å². The molecule has 0 aliphatic carbocycles. The fourth-order valence-electron chi connectivity index (χ4n) is 2.96. The number of aryl methyl sites for hydroxylation is 1. The van der Waals surface area contributed by atoms with Gasteiger partial charge in [-0.3, -0.25) is 0 Å². The summed E-state index contributed by atoms with van der Waals surface area (Å²) >= 11 is 3.93. The van der Waals surface area contributed by atoms with Gasteiger partial charge in [0, 0.05) is 17.3 Å². The minimum atomic E-state index is 0.535. The first-order chi connectivity index (χ1) is 10.2. The van der Waals surface area contributed by atoms with Crippen LogP contribution in [0.2, 0.25) is 0 Å². The van der Waals surface area contributed by atoms with Crippen molar-refractivity contribution >= 4 is 23.1 Å². The second-order valence-electron chi connectivity index (χ2n) is 5.97. The van der Waals surface area contributed by atoms with E-state index in [1.165, 1.54) is 28.2 Å². The Morgan fingerprint density at radius 3 is 2.86 bits per heavy atom. The van der Waals surface area contributed by atoms with Gasteiger partial charge in [0.1, 0.15) is 0 Å². The lowest BCUT2D eigenvalue weighted by Crippen LogP contribution is -2.33. The lowest BCUT2D eigenvalue weighted by molar-refractivity contribution is 0.411. The molecule has 0 bridgehead atoms. The Labute approximate surface area is 136 Å². The van der Waals surface area contributed by atoms with Crippen molar-refractivity contribution in [3.8, 4) is 0 Å². The topological polar surface area (TPSA) is 12.0 Å². The maximum absolute atomic E-state index is 3.86. The molecule has 2 unspecified atom stereocenters. The van der Waals surface area contributed by atoms with E-state index >= 15 is 0 Å². The van der Waals surface area contributed by atoms with Gasteiger partial charge in [0.15, 0.2) is 0 Å². The highest BCUT2D eigenvalue weighted by atomic mass is 32.2. The second-order valence-corrected chi connectivity index (χ2v) is 8.60. The number of nitrogens with one attached hydrogen (secondary N) is 1. The molecule has 1 aromatic heterocycles. The summed E-state index contributed by atoms with van der Waals surface area (Å²) in [4.78, 5) is 0. The maximum Gasteiger partial charge on any atom is 0.0649 e. The molecule has 3 rings (SSSR count). The average Bonchev–Trinajstić information content (AvgIpc) is 2.94. The van der Waals surface area contributed by atoms with Crippen LogP contribution in [0, 0.1) is 0 Å². The summed E-state index contributed by atoms with van der Waals surface area (Å²) in [6.07, 6.45) is 3.59. The SMILES string of the molecule is CC(CCc1ccccc1)NC1C[C@H](C)Sc2sccc21. The molecule has 3 atom stereocenters. The number of hydrogen-bond donors (Lipinski definition) is 1. The quantitative estimate of drug-likeness (QED) is 0.804. The van der Waals surface area contributed by atoms with E-state index in [1.54, 1.807) is 0 Å². The van der Waals surface area contributed by atoms with Crippen LogP contribution in [0.5, 0.6) is 0 Å². The third-order valence-electron chi connectivity index (χ3n) is 4.10. The molecule has 2 heterocycles. The molecular weight excluding hydrogens is 294 g/mol. The van der Waals surface area contributed by atoms with Crippen LogP contribution < -0.4 is 5.32 Å². The van der Waals surface area contributed by atoms with Crippen molar-refractivity contribution in [2.45, 2.75) is 54.7 Å². The molecule has 0 fully saturated rings. The number of rotatable bonds is 5. The van der Waals surface area contributed by atoms with Crippen LogP contribution in [0.3, 0.4) is 0 Å². The normalized spacial score (nSPS) is 22.8. The molecule has 0 radical (unpaired) electrons. The second kappa shape index (κ2) is 6.99. The van der Waals surface area contributed by atoms with Crippen molar-refractivity contribution in [2.24, 2.45) is 0 Å². The minimum absolute atomic E-state index is 0.535. The molecule has 0 spiro atoms. The molecule has 112 valence electrons. The lowest BCUT2D eigenvalue weighted by atomic mass is 10.0. The third kappa shape index (κ3) is 3.91. The summed E-state index contributed by atoms with van der Waals surface area (Å²) in [6, 6.07) is 14.2. The Bertz CT molecular complexity index is 564. The van der Waals surface area contributed by atoms with Crippen LogP contribution in [0.4, 0.5) is 0 Å². The fraction of sp³-hybridized carbons (Fsp3) is 0.444. The predicted molar refractivity (Wildman–Crippen MR) is 94.4 cm³/mol. The molecule has 0 amide bonds. The third-order valence-corrected chi connectivity index (χ3v) is 6.45. The Balaban J connectivity index is 1.57. The maximum atomic E-state index is 3.86. The van der Waals surface area contributed by atoms with Crippen molar-refractivity contribution in [3.63, 3.8) is 0 Å². The Hall–Kier alpha value is -0.770. The van der Waals surface area contributed by atoms with Crippen LogP contribution in [-0.4, -0.2) is 11.3 Å². The number of hydrogen-bond acceptors (Lipinski definition) is 3. The van der Waals surface area contributed by atoms with Gasteiger partial charge >= 0.3 is 0 Å². The Morgan fingerprint density at radius 2 is 2.05 bits per heavy atom. The van der Waals surface area contributed by atoms with E-state index in [0.717, 1.165) is 11.7 Å². The molecule has 1 aliphatic rings. The summed E-state index contributed by atoms with van der Waals surface area (Å²) in [5.41, 5.74) is 2.96. The largest absolute Gasteiger partial charge is 0.307 e. The highest BCUT2D eigenvalue weighted by Gasteiger charge is 2.26. The zero-order valence-electron chi connectivity index (χ0n) is 12.7. The van der Waals surface area contributed by atoms with Crippen molar-refractivity contribution in [1.29, 1.82) is 0 Å². The van der Waals surface area contributed by atoms with E-state index in [9.17, 15) is 0 Å². The van der Waals surface area contributed by atoms with Gasteiger partial charge in [0.05, 0.1) is 4.21 Å². The van der Waals surface area contributed by atoms with Crippen LogP contribution in [-0.2, 0) is 6.42 Å². The predicted octanol–water partition coefficient (Wildman–Crippen LogP) is 5.28. The van der Waals surface area contributed by atoms with Crippen LogP contribution in [0.25, 0.3) is 0 Å². The minimum Gasteiger partial charge on any atom is -0.307 e. The van der Waals surface area contributed by atoms with E-state index < -0.39 is 0 Å². The van der Waals surface area contributed by atoms with Crippen molar-refractivity contribution in [2.75, 3.05) is 0 Å². The average molecular weight is 318 g/mol. The first kappa shape index (κ1) is 15.1. The van der Waals surface area contributed by atoms with Gasteiger partial charge in [0.25, 0.3) is 0 Å². The fourth-order valence-corrected chi connectivity index (χ4v) is 5.53. The summed E-state index contributed by atoms with van der Waals surface area (Å²) in [5.74, 6) is 0. The van der Waals surface area contributed by atoms with Crippen molar-refractivity contribution in [1.82, 2.24) is 5.32 Å². The molecule has 0 saturated carbocycles. The number of thiophene rings is 1. The highest BCUT2D eigenvalue weighted by molar-refractivity contribution is 8.01. The summed E-state index contributed by atoms with van der Waals surface area (Å²) < 4.78 is 1.52. The van der Waals surface area contributed by atoms with Gasteiger partial charge in [-0.05, 0) is 48.8 Å². The molecule has 1 nitrogen and oxygen atoms in total. The highest BCUT2D eigenvalue weighted by Crippen LogP contribution is 2.43. The van der Waals surface area contributed by atoms with E-state index in [-0.39, 0.29) is 0 Å². The number of fused-ring (bicyclic) bond motifs is 1. The van der Waals surface area contributed by atoms with Crippen LogP contribution in [0.1, 0.15) is 43.9 Å². The van der Waals surface area contributed by atoms with E-state index in [4.69, 9.17) is 0 Å². The molecule has 0 saturated heterocycles. The number of benzene rings is 1. The first-order valence-corrected chi connectivity index (χ1v) is 9.52. The molecule has 1 N–H and O–H groups in total. The molecule has 1 aromatic carbocycles. The molecule has 3 heteroatoms. The van der Waals surface area contributed by atoms with Gasteiger partial charge in [-0.1, -0.05) is 37.3 Å². The van der Waals surface area contributed by atoms with Crippen molar-refractivity contribution in [3.05, 3.63) is 52.9 Å². The monoisotopic (exact) mass is 317 g/mol.